The van der Waals surface area contributed by atoms with Gasteiger partial charge in [0, 0.05) is 0 Å². The van der Waals surface area contributed by atoms with Gasteiger partial charge in [-0.1, -0.05) is 0 Å². The molecule has 0 saturated heterocycles. The third-order valence-corrected chi connectivity index (χ3v) is 2.13. The minimum atomic E-state index is -0.540. The lowest BCUT2D eigenvalue weighted by atomic mass is 10.3. The van der Waals surface area contributed by atoms with Crippen LogP contribution in [0.25, 0.3) is 11.0 Å². The molecule has 0 unspecified atom stereocenters. The highest BCUT2D eigenvalue weighted by Gasteiger charge is 2.12. The van der Waals surface area contributed by atoms with Gasteiger partial charge >= 0.3 is 12.0 Å². The zero-order valence-electron chi connectivity index (χ0n) is 9.30. The lowest BCUT2D eigenvalue weighted by Gasteiger charge is -2.04. The number of carbonyl (C=O) groups excluding carboxylic acids is 1. The number of hydrogen-bond acceptors (Lipinski definition) is 7. The Labute approximate surface area is 96.6 Å². The second kappa shape index (κ2) is 4.20. The van der Waals surface area contributed by atoms with Crippen LogP contribution >= 0.6 is 0 Å². The van der Waals surface area contributed by atoms with Crippen molar-refractivity contribution in [1.29, 1.82) is 0 Å². The zero-order valence-corrected chi connectivity index (χ0v) is 9.30. The van der Waals surface area contributed by atoms with Crippen molar-refractivity contribution >= 4 is 22.8 Å². The van der Waals surface area contributed by atoms with Crippen LogP contribution < -0.4 is 10.5 Å². The van der Waals surface area contributed by atoms with E-state index in [0.717, 1.165) is 0 Å². The van der Waals surface area contributed by atoms with Crippen LogP contribution in [-0.2, 0) is 4.74 Å². The fraction of sp³-hybridized carbons (Fsp3) is 0.200. The summed E-state index contributed by atoms with van der Waals surface area (Å²) in [5.74, 6) is -0.389. The molecule has 0 radical (unpaired) electrons. The summed E-state index contributed by atoms with van der Waals surface area (Å²) in [5, 5.41) is 0. The first-order chi connectivity index (χ1) is 8.15. The van der Waals surface area contributed by atoms with E-state index >= 15 is 0 Å². The first-order valence-corrected chi connectivity index (χ1v) is 4.72. The van der Waals surface area contributed by atoms with E-state index < -0.39 is 5.97 Å². The normalized spacial score (nSPS) is 10.2. The van der Waals surface area contributed by atoms with Crippen LogP contribution in [0, 0.1) is 0 Å². The average Bonchev–Trinajstić information content (AvgIpc) is 2.37. The predicted octanol–water partition coefficient (Wildman–Crippen LogP) is 0.402. The highest BCUT2D eigenvalue weighted by atomic mass is 16.5. The third kappa shape index (κ3) is 1.94. The number of pyridine rings is 1. The number of methoxy groups -OCH3 is 2. The van der Waals surface area contributed by atoms with Gasteiger partial charge in [-0.2, -0.15) is 9.97 Å². The Bertz CT molecular complexity index is 585. The van der Waals surface area contributed by atoms with Gasteiger partial charge in [0.1, 0.15) is 11.2 Å². The Balaban J connectivity index is 2.62. The van der Waals surface area contributed by atoms with Crippen molar-refractivity contribution in [3.8, 4) is 6.01 Å². The summed E-state index contributed by atoms with van der Waals surface area (Å²) in [6, 6.07) is 3.26. The first kappa shape index (κ1) is 11.1. The molecule has 2 heterocycles. The predicted molar refractivity (Wildman–Crippen MR) is 59.6 cm³/mol. The molecule has 2 rings (SSSR count). The molecule has 7 heteroatoms. The van der Waals surface area contributed by atoms with E-state index in [9.17, 15) is 4.79 Å². The summed E-state index contributed by atoms with van der Waals surface area (Å²) in [6.45, 7) is 0. The van der Waals surface area contributed by atoms with Gasteiger partial charge in [0.2, 0.25) is 0 Å². The minimum Gasteiger partial charge on any atom is -0.467 e. The van der Waals surface area contributed by atoms with Crippen LogP contribution in [0.5, 0.6) is 6.01 Å². The fourth-order valence-corrected chi connectivity index (χ4v) is 1.32. The van der Waals surface area contributed by atoms with Gasteiger partial charge in [-0.3, -0.25) is 0 Å². The number of hydrogen-bond donors (Lipinski definition) is 1. The highest BCUT2D eigenvalue weighted by molar-refractivity contribution is 5.92. The van der Waals surface area contributed by atoms with Crippen LogP contribution in [-0.4, -0.2) is 35.1 Å². The zero-order chi connectivity index (χ0) is 12.4. The molecule has 88 valence electrons. The standard InChI is InChI=1S/C10H10N4O3/c1-16-9(15)6-4-3-5-7(12-6)8(11)14-10(13-5)17-2/h3-4H,1-2H3,(H2,11,13,14). The molecule has 0 aliphatic carbocycles. The summed E-state index contributed by atoms with van der Waals surface area (Å²) >= 11 is 0. The summed E-state index contributed by atoms with van der Waals surface area (Å²) < 4.78 is 9.44. The van der Waals surface area contributed by atoms with Crippen LogP contribution in [0.15, 0.2) is 12.1 Å². The molecule has 0 amide bonds. The summed E-state index contributed by atoms with van der Waals surface area (Å²) in [4.78, 5) is 23.3. The number of nitrogens with two attached hydrogens (primary N) is 1. The SMILES string of the molecule is COC(=O)c1ccc2nc(OC)nc(N)c2n1. The summed E-state index contributed by atoms with van der Waals surface area (Å²) in [5.41, 5.74) is 6.69. The molecular weight excluding hydrogens is 224 g/mol. The fourth-order valence-electron chi connectivity index (χ4n) is 1.32. The Morgan fingerprint density at radius 1 is 1.24 bits per heavy atom. The molecule has 0 bridgehead atoms. The van der Waals surface area contributed by atoms with Crippen molar-refractivity contribution in [1.82, 2.24) is 15.0 Å². The topological polar surface area (TPSA) is 100 Å². The van der Waals surface area contributed by atoms with Gasteiger partial charge in [0.25, 0.3) is 0 Å². The van der Waals surface area contributed by atoms with E-state index in [-0.39, 0.29) is 17.5 Å². The Kier molecular flexibility index (Phi) is 2.73. The van der Waals surface area contributed by atoms with Crippen molar-refractivity contribution in [2.75, 3.05) is 20.0 Å². The minimum absolute atomic E-state index is 0.151. The van der Waals surface area contributed by atoms with Crippen LogP contribution in [0.3, 0.4) is 0 Å². The van der Waals surface area contributed by atoms with Gasteiger partial charge in [-0.05, 0) is 12.1 Å². The number of aromatic nitrogens is 3. The summed E-state index contributed by atoms with van der Waals surface area (Å²) in [6.07, 6.45) is 0. The van der Waals surface area contributed by atoms with E-state index in [2.05, 4.69) is 19.7 Å². The molecule has 0 saturated carbocycles. The largest absolute Gasteiger partial charge is 0.467 e. The van der Waals surface area contributed by atoms with Crippen molar-refractivity contribution in [3.63, 3.8) is 0 Å². The second-order valence-electron chi connectivity index (χ2n) is 3.15. The number of rotatable bonds is 2. The Morgan fingerprint density at radius 2 is 2.00 bits per heavy atom. The number of anilines is 1. The third-order valence-electron chi connectivity index (χ3n) is 2.13. The number of nitrogens with zero attached hydrogens (tertiary/aromatic N) is 3. The highest BCUT2D eigenvalue weighted by Crippen LogP contribution is 2.18. The van der Waals surface area contributed by atoms with E-state index in [1.54, 1.807) is 6.07 Å². The van der Waals surface area contributed by atoms with Gasteiger partial charge in [-0.15, -0.1) is 0 Å². The lowest BCUT2D eigenvalue weighted by molar-refractivity contribution is 0.0594. The molecule has 17 heavy (non-hydrogen) atoms. The van der Waals surface area contributed by atoms with Gasteiger partial charge in [0.15, 0.2) is 5.82 Å². The van der Waals surface area contributed by atoms with Crippen molar-refractivity contribution in [3.05, 3.63) is 17.8 Å². The number of nitrogen functional groups attached to an aromatic ring is 1. The maximum atomic E-state index is 11.3. The molecule has 0 atom stereocenters. The quantitative estimate of drug-likeness (QED) is 0.750. The first-order valence-electron chi connectivity index (χ1n) is 4.72. The number of fused-ring (bicyclic) bond motifs is 1. The molecule has 0 aromatic carbocycles. The Morgan fingerprint density at radius 3 is 2.65 bits per heavy atom. The number of carbonyl (C=O) groups is 1. The lowest BCUT2D eigenvalue weighted by Crippen LogP contribution is -2.06. The van der Waals surface area contributed by atoms with Gasteiger partial charge in [0.05, 0.1) is 19.7 Å². The molecule has 2 N–H and O–H groups in total. The monoisotopic (exact) mass is 234 g/mol. The molecular formula is C10H10N4O3. The van der Waals surface area contributed by atoms with Crippen molar-refractivity contribution in [2.24, 2.45) is 0 Å². The molecule has 0 aliphatic rings. The summed E-state index contributed by atoms with van der Waals surface area (Å²) in [7, 11) is 2.72. The van der Waals surface area contributed by atoms with E-state index in [4.69, 9.17) is 10.5 Å². The van der Waals surface area contributed by atoms with Crippen LogP contribution in [0.1, 0.15) is 10.5 Å². The molecule has 0 fully saturated rings. The van der Waals surface area contributed by atoms with E-state index in [1.165, 1.54) is 20.3 Å². The Hall–Kier alpha value is -2.44. The van der Waals surface area contributed by atoms with Gasteiger partial charge in [-0.25, -0.2) is 9.78 Å². The second-order valence-corrected chi connectivity index (χ2v) is 3.15. The molecule has 2 aromatic heterocycles. The van der Waals surface area contributed by atoms with E-state index in [0.29, 0.717) is 11.0 Å². The molecule has 2 aromatic rings. The average molecular weight is 234 g/mol. The van der Waals surface area contributed by atoms with Crippen molar-refractivity contribution in [2.45, 2.75) is 0 Å². The van der Waals surface area contributed by atoms with Crippen molar-refractivity contribution < 1.29 is 14.3 Å². The number of esters is 1. The number of ether oxygens (including phenoxy) is 2. The molecule has 0 spiro atoms. The van der Waals surface area contributed by atoms with E-state index in [1.807, 2.05) is 0 Å². The maximum absolute atomic E-state index is 11.3. The smallest absolute Gasteiger partial charge is 0.356 e. The van der Waals surface area contributed by atoms with Crippen LogP contribution in [0.4, 0.5) is 5.82 Å². The maximum Gasteiger partial charge on any atom is 0.356 e. The molecule has 7 nitrogen and oxygen atoms in total. The van der Waals surface area contributed by atoms with Crippen LogP contribution in [0.2, 0.25) is 0 Å². The molecule has 0 aliphatic heterocycles. The van der Waals surface area contributed by atoms with Gasteiger partial charge < -0.3 is 15.2 Å².